The summed E-state index contributed by atoms with van der Waals surface area (Å²) in [6, 6.07) is 13.2. The summed E-state index contributed by atoms with van der Waals surface area (Å²) >= 11 is 6.18. The first-order valence-corrected chi connectivity index (χ1v) is 8.59. The lowest BCUT2D eigenvalue weighted by atomic mass is 10.1. The molecule has 126 valence electrons. The maximum Gasteiger partial charge on any atom is 0.285 e. The Bertz CT molecular complexity index is 911. The molecule has 0 spiro atoms. The summed E-state index contributed by atoms with van der Waals surface area (Å²) < 4.78 is 13.9. The molecule has 0 bridgehead atoms. The van der Waals surface area contributed by atoms with Crippen molar-refractivity contribution in [3.05, 3.63) is 75.9 Å². The standard InChI is InChI=1S/C18H13FN2O2S2/c1-11-6-2-4-8-13(11)16(22)20-21-17(23)15(25-18(21)24)10-12-7-3-5-9-14(12)19/h2-10H,1H3,(H,20,22)/b15-10+. The lowest BCUT2D eigenvalue weighted by Gasteiger charge is -2.16. The third kappa shape index (κ3) is 3.62. The number of amides is 2. The Balaban J connectivity index is 1.81. The van der Waals surface area contributed by atoms with Crippen molar-refractivity contribution in [1.82, 2.24) is 10.4 Å². The van der Waals surface area contributed by atoms with Crippen LogP contribution in [-0.4, -0.2) is 21.1 Å². The molecule has 2 aromatic carbocycles. The van der Waals surface area contributed by atoms with E-state index in [2.05, 4.69) is 5.43 Å². The predicted octanol–water partition coefficient (Wildman–Crippen LogP) is 3.68. The fourth-order valence-corrected chi connectivity index (χ4v) is 3.46. The van der Waals surface area contributed by atoms with Crippen LogP contribution in [0.1, 0.15) is 21.5 Å². The van der Waals surface area contributed by atoms with Gasteiger partial charge in [0.15, 0.2) is 4.32 Å². The number of thioether (sulfide) groups is 1. The van der Waals surface area contributed by atoms with Gasteiger partial charge in [-0.3, -0.25) is 15.0 Å². The maximum absolute atomic E-state index is 13.8. The molecule has 1 heterocycles. The molecule has 1 N–H and O–H groups in total. The number of halogens is 1. The fraction of sp³-hybridized carbons (Fsp3) is 0.0556. The number of hydrogen-bond donors (Lipinski definition) is 1. The van der Waals surface area contributed by atoms with Crippen LogP contribution in [0, 0.1) is 12.7 Å². The van der Waals surface area contributed by atoms with E-state index in [1.54, 1.807) is 43.3 Å². The second-order valence-corrected chi connectivity index (χ2v) is 6.97. The van der Waals surface area contributed by atoms with Crippen molar-refractivity contribution in [2.24, 2.45) is 0 Å². The van der Waals surface area contributed by atoms with Crippen molar-refractivity contribution in [3.8, 4) is 0 Å². The Hall–Kier alpha value is -2.51. The molecule has 25 heavy (non-hydrogen) atoms. The number of benzene rings is 2. The molecule has 0 aliphatic carbocycles. The zero-order valence-corrected chi connectivity index (χ0v) is 14.8. The van der Waals surface area contributed by atoms with Crippen LogP contribution in [0.4, 0.5) is 4.39 Å². The van der Waals surface area contributed by atoms with Crippen LogP contribution < -0.4 is 5.43 Å². The Morgan fingerprint density at radius 3 is 2.60 bits per heavy atom. The highest BCUT2D eigenvalue weighted by molar-refractivity contribution is 8.26. The van der Waals surface area contributed by atoms with Gasteiger partial charge in [0.1, 0.15) is 5.82 Å². The van der Waals surface area contributed by atoms with Gasteiger partial charge in [0.05, 0.1) is 4.91 Å². The second kappa shape index (κ2) is 7.16. The number of nitrogens with zero attached hydrogens (tertiary/aromatic N) is 1. The van der Waals surface area contributed by atoms with E-state index < -0.39 is 17.6 Å². The number of rotatable bonds is 3. The quantitative estimate of drug-likeness (QED) is 0.660. The molecule has 3 rings (SSSR count). The summed E-state index contributed by atoms with van der Waals surface area (Å²) in [4.78, 5) is 25.1. The van der Waals surface area contributed by atoms with Crippen molar-refractivity contribution in [1.29, 1.82) is 0 Å². The van der Waals surface area contributed by atoms with Gasteiger partial charge in [-0.05, 0) is 42.9 Å². The van der Waals surface area contributed by atoms with Crippen molar-refractivity contribution in [2.45, 2.75) is 6.92 Å². The Morgan fingerprint density at radius 2 is 1.88 bits per heavy atom. The first-order valence-electron chi connectivity index (χ1n) is 7.36. The van der Waals surface area contributed by atoms with Gasteiger partial charge < -0.3 is 0 Å². The SMILES string of the molecule is Cc1ccccc1C(=O)NN1C(=O)/C(=C\c2ccccc2F)SC1=S. The number of nitrogens with one attached hydrogen (secondary N) is 1. The molecule has 0 saturated carbocycles. The number of thiocarbonyl (C=S) groups is 1. The number of aryl methyl sites for hydroxylation is 1. The molecular formula is C18H13FN2O2S2. The first kappa shape index (κ1) is 17.3. The highest BCUT2D eigenvalue weighted by atomic mass is 32.2. The highest BCUT2D eigenvalue weighted by Crippen LogP contribution is 2.31. The summed E-state index contributed by atoms with van der Waals surface area (Å²) in [5, 5.41) is 1.02. The average molecular weight is 372 g/mol. The van der Waals surface area contributed by atoms with Crippen molar-refractivity contribution in [3.63, 3.8) is 0 Å². The largest absolute Gasteiger partial charge is 0.285 e. The minimum atomic E-state index is -0.486. The van der Waals surface area contributed by atoms with E-state index in [9.17, 15) is 14.0 Å². The Labute approximate surface area is 153 Å². The van der Waals surface area contributed by atoms with E-state index in [1.165, 1.54) is 12.1 Å². The molecular weight excluding hydrogens is 359 g/mol. The van der Waals surface area contributed by atoms with Crippen molar-refractivity contribution >= 4 is 46.2 Å². The predicted molar refractivity (Wildman–Crippen MR) is 100 cm³/mol. The highest BCUT2D eigenvalue weighted by Gasteiger charge is 2.34. The maximum atomic E-state index is 13.8. The summed E-state index contributed by atoms with van der Waals surface area (Å²) in [6.07, 6.45) is 1.43. The first-order chi connectivity index (χ1) is 12.0. The number of carbonyl (C=O) groups excluding carboxylic acids is 2. The molecule has 4 nitrogen and oxygen atoms in total. The molecule has 2 amide bonds. The second-order valence-electron chi connectivity index (χ2n) is 5.29. The van der Waals surface area contributed by atoms with Gasteiger partial charge in [-0.2, -0.15) is 5.01 Å². The van der Waals surface area contributed by atoms with E-state index in [0.717, 1.165) is 22.3 Å². The molecule has 1 fully saturated rings. The summed E-state index contributed by atoms with van der Waals surface area (Å²) in [5.74, 6) is -1.35. The number of hydrogen-bond acceptors (Lipinski definition) is 4. The van der Waals surface area contributed by atoms with Crippen molar-refractivity contribution in [2.75, 3.05) is 0 Å². The third-order valence-corrected chi connectivity index (χ3v) is 4.89. The van der Waals surface area contributed by atoms with Gasteiger partial charge in [-0.15, -0.1) is 0 Å². The van der Waals surface area contributed by atoms with Crippen LogP contribution in [0.3, 0.4) is 0 Å². The van der Waals surface area contributed by atoms with E-state index >= 15 is 0 Å². The summed E-state index contributed by atoms with van der Waals surface area (Å²) in [5.41, 5.74) is 4.04. The zero-order chi connectivity index (χ0) is 18.0. The van der Waals surface area contributed by atoms with E-state index in [4.69, 9.17) is 12.2 Å². The van der Waals surface area contributed by atoms with Crippen LogP contribution in [0.25, 0.3) is 6.08 Å². The van der Waals surface area contributed by atoms with Gasteiger partial charge in [-0.1, -0.05) is 48.2 Å². The minimum Gasteiger partial charge on any atom is -0.267 e. The van der Waals surface area contributed by atoms with E-state index in [-0.39, 0.29) is 14.8 Å². The van der Waals surface area contributed by atoms with Crippen LogP contribution in [-0.2, 0) is 4.79 Å². The molecule has 1 aliphatic rings. The molecule has 0 radical (unpaired) electrons. The van der Waals surface area contributed by atoms with Gasteiger partial charge in [-0.25, -0.2) is 4.39 Å². The molecule has 1 aliphatic heterocycles. The molecule has 0 aromatic heterocycles. The van der Waals surface area contributed by atoms with Gasteiger partial charge in [0.25, 0.3) is 11.8 Å². The van der Waals surface area contributed by atoms with Gasteiger partial charge >= 0.3 is 0 Å². The third-order valence-electron chi connectivity index (χ3n) is 3.59. The lowest BCUT2D eigenvalue weighted by Crippen LogP contribution is -2.45. The Kier molecular flexibility index (Phi) is 4.96. The minimum absolute atomic E-state index is 0.189. The van der Waals surface area contributed by atoms with Gasteiger partial charge in [0, 0.05) is 11.1 Å². The lowest BCUT2D eigenvalue weighted by molar-refractivity contribution is -0.123. The fourth-order valence-electron chi connectivity index (χ4n) is 2.29. The molecule has 7 heteroatoms. The monoisotopic (exact) mass is 372 g/mol. The summed E-state index contributed by atoms with van der Waals surface area (Å²) in [6.45, 7) is 1.80. The van der Waals surface area contributed by atoms with Crippen LogP contribution in [0.2, 0.25) is 0 Å². The normalized spacial score (nSPS) is 15.8. The zero-order valence-electron chi connectivity index (χ0n) is 13.2. The Morgan fingerprint density at radius 1 is 1.20 bits per heavy atom. The topological polar surface area (TPSA) is 49.4 Å². The molecule has 0 unspecified atom stereocenters. The summed E-state index contributed by atoms with van der Waals surface area (Å²) in [7, 11) is 0. The van der Waals surface area contributed by atoms with Crippen molar-refractivity contribution < 1.29 is 14.0 Å². The van der Waals surface area contributed by atoms with E-state index in [0.29, 0.717) is 5.56 Å². The molecule has 2 aromatic rings. The number of hydrazine groups is 1. The van der Waals surface area contributed by atoms with E-state index in [1.807, 2.05) is 6.07 Å². The van der Waals surface area contributed by atoms with Gasteiger partial charge in [0.2, 0.25) is 0 Å². The number of carbonyl (C=O) groups is 2. The molecule has 1 saturated heterocycles. The van der Waals surface area contributed by atoms with Crippen LogP contribution >= 0.6 is 24.0 Å². The van der Waals surface area contributed by atoms with Crippen LogP contribution in [0.15, 0.2) is 53.4 Å². The smallest absolute Gasteiger partial charge is 0.267 e. The average Bonchev–Trinajstić information content (AvgIpc) is 2.85. The molecule has 0 atom stereocenters. The van der Waals surface area contributed by atoms with Crippen LogP contribution in [0.5, 0.6) is 0 Å².